The van der Waals surface area contributed by atoms with E-state index in [1.54, 1.807) is 11.6 Å². The quantitative estimate of drug-likeness (QED) is 0.263. The van der Waals surface area contributed by atoms with Gasteiger partial charge in [0.05, 0.1) is 0 Å². The molecule has 0 spiro atoms. The van der Waals surface area contributed by atoms with Gasteiger partial charge in [-0.3, -0.25) is 0 Å². The van der Waals surface area contributed by atoms with Crippen molar-refractivity contribution in [2.75, 3.05) is 6.61 Å². The summed E-state index contributed by atoms with van der Waals surface area (Å²) in [5.41, 5.74) is 2.38. The molecule has 3 fully saturated rings. The Morgan fingerprint density at radius 2 is 1.91 bits per heavy atom. The van der Waals surface area contributed by atoms with Crippen LogP contribution in [-0.2, 0) is 9.47 Å². The molecule has 4 aliphatic rings. The number of rotatable bonds is 8. The van der Waals surface area contributed by atoms with Crippen LogP contribution in [0.25, 0.3) is 0 Å². The molecule has 0 aromatic rings. The predicted octanol–water partition coefficient (Wildman–Crippen LogP) is 8.74. The van der Waals surface area contributed by atoms with E-state index < -0.39 is 6.16 Å². The van der Waals surface area contributed by atoms with Crippen LogP contribution in [0.1, 0.15) is 105 Å². The van der Waals surface area contributed by atoms with Gasteiger partial charge in [0.25, 0.3) is 0 Å². The second-order valence-corrected chi connectivity index (χ2v) is 13.1. The topological polar surface area (TPSA) is 35.5 Å². The third kappa shape index (κ3) is 4.87. The monoisotopic (exact) mass is 470 g/mol. The second kappa shape index (κ2) is 10.4. The summed E-state index contributed by atoms with van der Waals surface area (Å²) in [5.74, 6) is 5.14. The maximum Gasteiger partial charge on any atom is 0.508 e. The van der Waals surface area contributed by atoms with Gasteiger partial charge < -0.3 is 9.47 Å². The molecule has 4 rings (SSSR count). The van der Waals surface area contributed by atoms with Crippen LogP contribution in [0.15, 0.2) is 24.3 Å². The first-order chi connectivity index (χ1) is 16.2. The van der Waals surface area contributed by atoms with E-state index in [0.717, 1.165) is 54.8 Å². The van der Waals surface area contributed by atoms with E-state index in [2.05, 4.69) is 47.3 Å². The van der Waals surface area contributed by atoms with Crippen LogP contribution in [0, 0.1) is 46.3 Å². The zero-order valence-corrected chi connectivity index (χ0v) is 22.6. The number of fused-ring (bicyclic) bond motifs is 5. The van der Waals surface area contributed by atoms with E-state index in [0.29, 0.717) is 5.41 Å². The van der Waals surface area contributed by atoms with E-state index in [-0.39, 0.29) is 18.1 Å². The number of allylic oxidation sites excluding steroid dienone is 1. The molecule has 0 N–H and O–H groups in total. The maximum absolute atomic E-state index is 12.0. The lowest BCUT2D eigenvalue weighted by Crippen LogP contribution is -2.51. The normalized spacial score (nSPS) is 39.9. The Morgan fingerprint density at radius 1 is 1.12 bits per heavy atom. The Balaban J connectivity index is 1.42. The fourth-order valence-corrected chi connectivity index (χ4v) is 9.05. The smallest absolute Gasteiger partial charge is 0.431 e. The minimum absolute atomic E-state index is 0.0374. The minimum atomic E-state index is -0.546. The third-order valence-corrected chi connectivity index (χ3v) is 10.8. The van der Waals surface area contributed by atoms with Crippen LogP contribution in [0.4, 0.5) is 4.79 Å². The summed E-state index contributed by atoms with van der Waals surface area (Å²) < 4.78 is 10.7. The summed E-state index contributed by atoms with van der Waals surface area (Å²) in [6.45, 7) is 16.3. The molecule has 0 aliphatic heterocycles. The highest BCUT2D eigenvalue weighted by Gasteiger charge is 2.59. The number of ether oxygens (including phenoxy) is 2. The minimum Gasteiger partial charge on any atom is -0.431 e. The van der Waals surface area contributed by atoms with Gasteiger partial charge in [0.1, 0.15) is 12.7 Å². The van der Waals surface area contributed by atoms with E-state index in [1.807, 2.05) is 0 Å². The highest BCUT2D eigenvalue weighted by atomic mass is 16.7. The van der Waals surface area contributed by atoms with Gasteiger partial charge in [-0.15, -0.1) is 0 Å². The maximum atomic E-state index is 12.0. The summed E-state index contributed by atoms with van der Waals surface area (Å²) in [7, 11) is 0. The van der Waals surface area contributed by atoms with Crippen molar-refractivity contribution in [1.29, 1.82) is 0 Å². The van der Waals surface area contributed by atoms with Gasteiger partial charge in [-0.25, -0.2) is 4.79 Å². The summed E-state index contributed by atoms with van der Waals surface area (Å²) in [6, 6.07) is 0. The fraction of sp³-hybridized carbons (Fsp3) is 0.839. The predicted molar refractivity (Wildman–Crippen MR) is 139 cm³/mol. The SMILES string of the molecule is C=CCOC(=O)OC1CC[C@@]2(C)C(=CCC3C2CC[C@@]2(C)C3CC[C@@H]2[C@H](C)CCCC(C)C)C1. The van der Waals surface area contributed by atoms with E-state index in [1.165, 1.54) is 51.4 Å². The Kier molecular flexibility index (Phi) is 7.89. The van der Waals surface area contributed by atoms with E-state index in [9.17, 15) is 4.79 Å². The Labute approximate surface area is 209 Å². The first-order valence-electron chi connectivity index (χ1n) is 14.3. The van der Waals surface area contributed by atoms with Crippen LogP contribution in [-0.4, -0.2) is 18.9 Å². The van der Waals surface area contributed by atoms with Crippen LogP contribution < -0.4 is 0 Å². The zero-order valence-electron chi connectivity index (χ0n) is 22.6. The van der Waals surface area contributed by atoms with E-state index in [4.69, 9.17) is 9.47 Å². The summed E-state index contributed by atoms with van der Waals surface area (Å²) in [5, 5.41) is 0. The van der Waals surface area contributed by atoms with Crippen molar-refractivity contribution >= 4 is 6.16 Å². The standard InChI is InChI=1S/C31H50O3/c1-7-19-33-29(32)34-24-15-17-30(5)23(20-24)11-12-25-27-14-13-26(22(4)10-8-9-21(2)3)31(27,6)18-16-28(25)30/h7,11,21-22,24-28H,1,8-10,12-20H2,2-6H3/t22-,24?,25?,26-,27?,28?,30+,31-/m1/s1. The molecule has 0 radical (unpaired) electrons. The van der Waals surface area contributed by atoms with Crippen molar-refractivity contribution in [3.8, 4) is 0 Å². The third-order valence-electron chi connectivity index (χ3n) is 10.8. The molecule has 3 nitrogen and oxygen atoms in total. The van der Waals surface area contributed by atoms with Gasteiger partial charge in [0, 0.05) is 6.42 Å². The lowest BCUT2D eigenvalue weighted by Gasteiger charge is -2.58. The molecule has 8 atom stereocenters. The molecule has 0 heterocycles. The summed E-state index contributed by atoms with van der Waals surface area (Å²) >= 11 is 0. The molecule has 34 heavy (non-hydrogen) atoms. The average molecular weight is 471 g/mol. The van der Waals surface area contributed by atoms with Crippen molar-refractivity contribution in [2.45, 2.75) is 111 Å². The van der Waals surface area contributed by atoms with Crippen molar-refractivity contribution in [1.82, 2.24) is 0 Å². The van der Waals surface area contributed by atoms with Crippen molar-refractivity contribution in [3.63, 3.8) is 0 Å². The molecule has 3 saturated carbocycles. The molecule has 0 aromatic carbocycles. The molecular weight excluding hydrogens is 420 g/mol. The van der Waals surface area contributed by atoms with Gasteiger partial charge >= 0.3 is 6.16 Å². The van der Waals surface area contributed by atoms with Gasteiger partial charge in [-0.1, -0.05) is 78.2 Å². The highest BCUT2D eigenvalue weighted by Crippen LogP contribution is 2.67. The molecule has 0 aromatic heterocycles. The molecule has 4 aliphatic carbocycles. The molecule has 0 bridgehead atoms. The molecule has 192 valence electrons. The van der Waals surface area contributed by atoms with Crippen molar-refractivity contribution in [3.05, 3.63) is 24.3 Å². The van der Waals surface area contributed by atoms with Crippen LogP contribution >= 0.6 is 0 Å². The first kappa shape index (κ1) is 25.8. The average Bonchev–Trinajstić information content (AvgIpc) is 3.15. The largest absolute Gasteiger partial charge is 0.508 e. The number of hydrogen-bond donors (Lipinski definition) is 0. The lowest BCUT2D eigenvalue weighted by molar-refractivity contribution is -0.0613. The lowest BCUT2D eigenvalue weighted by atomic mass is 9.47. The highest BCUT2D eigenvalue weighted by molar-refractivity contribution is 5.60. The van der Waals surface area contributed by atoms with Crippen LogP contribution in [0.2, 0.25) is 0 Å². The molecule has 3 heteroatoms. The van der Waals surface area contributed by atoms with E-state index >= 15 is 0 Å². The number of carbonyl (C=O) groups is 1. The van der Waals surface area contributed by atoms with Gasteiger partial charge in [-0.2, -0.15) is 0 Å². The Hall–Kier alpha value is -1.25. The molecular formula is C31H50O3. The van der Waals surface area contributed by atoms with Crippen LogP contribution in [0.5, 0.6) is 0 Å². The van der Waals surface area contributed by atoms with Crippen molar-refractivity contribution < 1.29 is 14.3 Å². The van der Waals surface area contributed by atoms with Gasteiger partial charge in [0.2, 0.25) is 0 Å². The summed E-state index contributed by atoms with van der Waals surface area (Å²) in [4.78, 5) is 12.0. The second-order valence-electron chi connectivity index (χ2n) is 13.1. The van der Waals surface area contributed by atoms with Gasteiger partial charge in [-0.05, 0) is 91.3 Å². The zero-order chi connectivity index (χ0) is 24.5. The Bertz CT molecular complexity index is 769. The number of carbonyl (C=O) groups excluding carboxylic acids is 1. The molecule has 4 unspecified atom stereocenters. The fourth-order valence-electron chi connectivity index (χ4n) is 9.05. The Morgan fingerprint density at radius 3 is 2.65 bits per heavy atom. The number of hydrogen-bond acceptors (Lipinski definition) is 3. The first-order valence-corrected chi connectivity index (χ1v) is 14.3. The molecule has 0 saturated heterocycles. The van der Waals surface area contributed by atoms with Crippen molar-refractivity contribution in [2.24, 2.45) is 46.3 Å². The van der Waals surface area contributed by atoms with Gasteiger partial charge in [0.15, 0.2) is 0 Å². The summed E-state index contributed by atoms with van der Waals surface area (Å²) in [6.07, 6.45) is 17.7. The molecule has 0 amide bonds. The van der Waals surface area contributed by atoms with Crippen LogP contribution in [0.3, 0.4) is 0 Å².